The molecule has 2 rings (SSSR count). The van der Waals surface area contributed by atoms with Crippen LogP contribution in [0.3, 0.4) is 0 Å². The van der Waals surface area contributed by atoms with Crippen molar-refractivity contribution in [2.24, 2.45) is 5.92 Å². The smallest absolute Gasteiger partial charge is 0.308 e. The largest absolute Gasteiger partial charge is 0.481 e. The SMILES string of the molecule is Cc1ccc2cc(C(=O)N(C)CC(C)C(=O)O)[nH]c2c1. The molecule has 0 spiro atoms. The first-order valence-electron chi connectivity index (χ1n) is 6.46. The molecule has 0 saturated heterocycles. The second-order valence-electron chi connectivity index (χ2n) is 5.20. The third kappa shape index (κ3) is 2.82. The summed E-state index contributed by atoms with van der Waals surface area (Å²) in [5.41, 5.74) is 2.50. The number of nitrogens with one attached hydrogen (secondary N) is 1. The Bertz CT molecular complexity index is 660. The lowest BCUT2D eigenvalue weighted by molar-refractivity contribution is -0.141. The summed E-state index contributed by atoms with van der Waals surface area (Å²) in [5.74, 6) is -1.69. The quantitative estimate of drug-likeness (QED) is 0.898. The van der Waals surface area contributed by atoms with Crippen molar-refractivity contribution in [3.8, 4) is 0 Å². The van der Waals surface area contributed by atoms with Gasteiger partial charge in [0.05, 0.1) is 5.92 Å². The van der Waals surface area contributed by atoms with Crippen LogP contribution in [0, 0.1) is 12.8 Å². The van der Waals surface area contributed by atoms with Gasteiger partial charge >= 0.3 is 5.97 Å². The fourth-order valence-corrected chi connectivity index (χ4v) is 2.13. The zero-order valence-electron chi connectivity index (χ0n) is 11.8. The highest BCUT2D eigenvalue weighted by atomic mass is 16.4. The molecule has 2 N–H and O–H groups in total. The molecular weight excluding hydrogens is 256 g/mol. The normalized spacial score (nSPS) is 12.3. The fraction of sp³-hybridized carbons (Fsp3) is 0.333. The van der Waals surface area contributed by atoms with Crippen LogP contribution in [-0.4, -0.2) is 40.5 Å². The van der Waals surface area contributed by atoms with Gasteiger partial charge in [0.1, 0.15) is 5.69 Å². The molecule has 0 saturated carbocycles. The van der Waals surface area contributed by atoms with Gasteiger partial charge in [-0.2, -0.15) is 0 Å². The zero-order chi connectivity index (χ0) is 14.9. The Labute approximate surface area is 117 Å². The predicted octanol–water partition coefficient (Wildman–Crippen LogP) is 2.27. The van der Waals surface area contributed by atoms with E-state index in [4.69, 9.17) is 5.11 Å². The van der Waals surface area contributed by atoms with Crippen molar-refractivity contribution < 1.29 is 14.7 Å². The number of hydrogen-bond donors (Lipinski definition) is 2. The van der Waals surface area contributed by atoms with Gasteiger partial charge in [0.25, 0.3) is 5.91 Å². The molecule has 106 valence electrons. The molecule has 5 nitrogen and oxygen atoms in total. The number of carbonyl (C=O) groups is 2. The number of hydrogen-bond acceptors (Lipinski definition) is 2. The number of rotatable bonds is 4. The topological polar surface area (TPSA) is 73.4 Å². The van der Waals surface area contributed by atoms with Crippen LogP contribution in [0.1, 0.15) is 23.0 Å². The molecule has 1 unspecified atom stereocenters. The van der Waals surface area contributed by atoms with Gasteiger partial charge in [0.2, 0.25) is 0 Å². The first kappa shape index (κ1) is 14.1. The Morgan fingerprint density at radius 2 is 2.05 bits per heavy atom. The van der Waals surface area contributed by atoms with Crippen molar-refractivity contribution in [1.82, 2.24) is 9.88 Å². The number of fused-ring (bicyclic) bond motifs is 1. The van der Waals surface area contributed by atoms with E-state index in [1.165, 1.54) is 4.90 Å². The maximum absolute atomic E-state index is 12.3. The minimum atomic E-state index is -0.906. The van der Waals surface area contributed by atoms with Gasteiger partial charge in [-0.1, -0.05) is 19.1 Å². The minimum Gasteiger partial charge on any atom is -0.481 e. The maximum atomic E-state index is 12.3. The van der Waals surface area contributed by atoms with Crippen LogP contribution in [0.25, 0.3) is 10.9 Å². The molecule has 0 aliphatic carbocycles. The summed E-state index contributed by atoms with van der Waals surface area (Å²) in [6.45, 7) is 3.76. The molecule has 2 aromatic rings. The Balaban J connectivity index is 2.20. The van der Waals surface area contributed by atoms with Gasteiger partial charge in [0.15, 0.2) is 0 Å². The van der Waals surface area contributed by atoms with E-state index in [1.54, 1.807) is 20.0 Å². The molecule has 0 fully saturated rings. The number of H-pyrrole nitrogens is 1. The Hall–Kier alpha value is -2.30. The predicted molar refractivity (Wildman–Crippen MR) is 76.8 cm³/mol. The molecule has 5 heteroatoms. The number of carboxylic acids is 1. The van der Waals surface area contributed by atoms with E-state index >= 15 is 0 Å². The van der Waals surface area contributed by atoms with Crippen LogP contribution in [-0.2, 0) is 4.79 Å². The van der Waals surface area contributed by atoms with Gasteiger partial charge < -0.3 is 15.0 Å². The summed E-state index contributed by atoms with van der Waals surface area (Å²) < 4.78 is 0. The summed E-state index contributed by atoms with van der Waals surface area (Å²) in [6.07, 6.45) is 0. The van der Waals surface area contributed by atoms with E-state index in [0.717, 1.165) is 16.5 Å². The molecule has 0 aliphatic heterocycles. The lowest BCUT2D eigenvalue weighted by Crippen LogP contribution is -2.33. The third-order valence-electron chi connectivity index (χ3n) is 3.32. The van der Waals surface area contributed by atoms with Gasteiger partial charge in [-0.25, -0.2) is 0 Å². The number of aliphatic carboxylic acids is 1. The van der Waals surface area contributed by atoms with Crippen LogP contribution >= 0.6 is 0 Å². The molecule has 1 amide bonds. The average Bonchev–Trinajstić information content (AvgIpc) is 2.80. The number of amides is 1. The van der Waals surface area contributed by atoms with Gasteiger partial charge in [-0.05, 0) is 24.6 Å². The molecule has 1 aromatic heterocycles. The highest BCUT2D eigenvalue weighted by Crippen LogP contribution is 2.18. The van der Waals surface area contributed by atoms with Crippen molar-refractivity contribution in [3.05, 3.63) is 35.5 Å². The molecule has 1 aromatic carbocycles. The zero-order valence-corrected chi connectivity index (χ0v) is 11.8. The van der Waals surface area contributed by atoms with Crippen LogP contribution in [0.15, 0.2) is 24.3 Å². The molecule has 0 bridgehead atoms. The Morgan fingerprint density at radius 1 is 1.35 bits per heavy atom. The summed E-state index contributed by atoms with van der Waals surface area (Å²) in [6, 6.07) is 7.71. The van der Waals surface area contributed by atoms with E-state index in [-0.39, 0.29) is 12.5 Å². The maximum Gasteiger partial charge on any atom is 0.308 e. The van der Waals surface area contributed by atoms with Crippen molar-refractivity contribution >= 4 is 22.8 Å². The summed E-state index contributed by atoms with van der Waals surface area (Å²) in [7, 11) is 1.61. The van der Waals surface area contributed by atoms with Crippen LogP contribution in [0.2, 0.25) is 0 Å². The first-order chi connectivity index (χ1) is 9.38. The molecule has 1 heterocycles. The number of carbonyl (C=O) groups excluding carboxylic acids is 1. The highest BCUT2D eigenvalue weighted by molar-refractivity contribution is 5.98. The third-order valence-corrected chi connectivity index (χ3v) is 3.32. The monoisotopic (exact) mass is 274 g/mol. The molecule has 1 atom stereocenters. The fourth-order valence-electron chi connectivity index (χ4n) is 2.13. The van der Waals surface area contributed by atoms with Crippen LogP contribution < -0.4 is 0 Å². The van der Waals surface area contributed by atoms with E-state index in [9.17, 15) is 9.59 Å². The standard InChI is InChI=1S/C15H18N2O3/c1-9-4-5-11-7-13(16-12(11)6-9)14(18)17(3)8-10(2)15(19)20/h4-7,10,16H,8H2,1-3H3,(H,19,20). The van der Waals surface area contributed by atoms with Crippen molar-refractivity contribution in [2.75, 3.05) is 13.6 Å². The molecule has 0 radical (unpaired) electrons. The number of aromatic nitrogens is 1. The summed E-state index contributed by atoms with van der Waals surface area (Å²) in [4.78, 5) is 27.6. The number of nitrogens with zero attached hydrogens (tertiary/aromatic N) is 1. The van der Waals surface area contributed by atoms with Gasteiger partial charge in [-0.15, -0.1) is 0 Å². The summed E-state index contributed by atoms with van der Waals surface area (Å²) in [5, 5.41) is 9.85. The van der Waals surface area contributed by atoms with E-state index in [1.807, 2.05) is 25.1 Å². The van der Waals surface area contributed by atoms with Crippen LogP contribution in [0.4, 0.5) is 0 Å². The lowest BCUT2D eigenvalue weighted by Gasteiger charge is -2.18. The molecule has 0 aliphatic rings. The average molecular weight is 274 g/mol. The second-order valence-corrected chi connectivity index (χ2v) is 5.20. The van der Waals surface area contributed by atoms with Crippen molar-refractivity contribution in [1.29, 1.82) is 0 Å². The molecule has 20 heavy (non-hydrogen) atoms. The van der Waals surface area contributed by atoms with E-state index < -0.39 is 11.9 Å². The first-order valence-corrected chi connectivity index (χ1v) is 6.46. The highest BCUT2D eigenvalue weighted by Gasteiger charge is 2.19. The lowest BCUT2D eigenvalue weighted by atomic mass is 10.1. The van der Waals surface area contributed by atoms with Gasteiger partial charge in [-0.3, -0.25) is 9.59 Å². The number of aryl methyl sites for hydroxylation is 1. The van der Waals surface area contributed by atoms with Gasteiger partial charge in [0, 0.05) is 24.5 Å². The minimum absolute atomic E-state index is 0.183. The Kier molecular flexibility index (Phi) is 3.79. The second kappa shape index (κ2) is 5.36. The summed E-state index contributed by atoms with van der Waals surface area (Å²) >= 11 is 0. The number of benzene rings is 1. The number of carboxylic acid groups (broad SMARTS) is 1. The van der Waals surface area contributed by atoms with Crippen molar-refractivity contribution in [3.63, 3.8) is 0 Å². The van der Waals surface area contributed by atoms with E-state index in [0.29, 0.717) is 5.69 Å². The van der Waals surface area contributed by atoms with E-state index in [2.05, 4.69) is 4.98 Å². The Morgan fingerprint density at radius 3 is 2.70 bits per heavy atom. The number of aromatic amines is 1. The van der Waals surface area contributed by atoms with Crippen LogP contribution in [0.5, 0.6) is 0 Å². The molecular formula is C15H18N2O3. The van der Waals surface area contributed by atoms with Crippen molar-refractivity contribution in [2.45, 2.75) is 13.8 Å².